The van der Waals surface area contributed by atoms with E-state index in [2.05, 4.69) is 11.8 Å². The van der Waals surface area contributed by atoms with Gasteiger partial charge in [-0.05, 0) is 37.6 Å². The topological polar surface area (TPSA) is 40.5 Å². The van der Waals surface area contributed by atoms with Gasteiger partial charge >= 0.3 is 5.97 Å². The molecule has 1 saturated heterocycles. The van der Waals surface area contributed by atoms with E-state index in [9.17, 15) is 9.18 Å². The molecule has 2 atom stereocenters. The molecule has 1 fully saturated rings. The maximum atomic E-state index is 12.0. The molecule has 2 unspecified atom stereocenters. The molecular weight excluding hydrogens is 209 g/mol. The Morgan fingerprint density at radius 3 is 3.00 bits per heavy atom. The van der Waals surface area contributed by atoms with Gasteiger partial charge in [-0.25, -0.2) is 0 Å². The van der Waals surface area contributed by atoms with Crippen LogP contribution in [-0.2, 0) is 4.79 Å². The molecule has 0 aromatic rings. The van der Waals surface area contributed by atoms with Crippen molar-refractivity contribution in [1.82, 2.24) is 4.90 Å². The van der Waals surface area contributed by atoms with Crippen molar-refractivity contribution >= 4 is 5.97 Å². The quantitative estimate of drug-likeness (QED) is 0.730. The van der Waals surface area contributed by atoms with Crippen molar-refractivity contribution in [3.63, 3.8) is 0 Å². The van der Waals surface area contributed by atoms with Crippen LogP contribution in [0.2, 0.25) is 0 Å². The minimum Gasteiger partial charge on any atom is -0.481 e. The average molecular weight is 231 g/mol. The lowest BCUT2D eigenvalue weighted by Crippen LogP contribution is -2.24. The summed E-state index contributed by atoms with van der Waals surface area (Å²) in [7, 11) is 0. The number of carboxylic acid groups (broad SMARTS) is 1. The van der Waals surface area contributed by atoms with Crippen LogP contribution >= 0.6 is 0 Å². The van der Waals surface area contributed by atoms with E-state index in [0.29, 0.717) is 18.3 Å². The van der Waals surface area contributed by atoms with Gasteiger partial charge in [0.15, 0.2) is 0 Å². The Morgan fingerprint density at radius 1 is 1.62 bits per heavy atom. The molecule has 3 nitrogen and oxygen atoms in total. The fourth-order valence-electron chi connectivity index (χ4n) is 2.40. The summed E-state index contributed by atoms with van der Waals surface area (Å²) in [6, 6.07) is 0. The molecule has 0 bridgehead atoms. The number of hydrogen-bond donors (Lipinski definition) is 1. The maximum Gasteiger partial charge on any atom is 0.303 e. The number of hydrogen-bond acceptors (Lipinski definition) is 2. The second-order valence-corrected chi connectivity index (χ2v) is 4.80. The zero-order chi connectivity index (χ0) is 12.0. The van der Waals surface area contributed by atoms with Gasteiger partial charge in [-0.15, -0.1) is 0 Å². The Labute approximate surface area is 96.6 Å². The predicted molar refractivity (Wildman–Crippen MR) is 61.2 cm³/mol. The zero-order valence-corrected chi connectivity index (χ0v) is 9.99. The van der Waals surface area contributed by atoms with Crippen LogP contribution < -0.4 is 0 Å². The second-order valence-electron chi connectivity index (χ2n) is 4.80. The summed E-state index contributed by atoms with van der Waals surface area (Å²) in [6.45, 7) is 4.80. The molecule has 0 radical (unpaired) electrons. The molecule has 1 aliphatic heterocycles. The van der Waals surface area contributed by atoms with Gasteiger partial charge in [0.1, 0.15) is 0 Å². The van der Waals surface area contributed by atoms with Gasteiger partial charge in [0.25, 0.3) is 0 Å². The van der Waals surface area contributed by atoms with Crippen LogP contribution in [0, 0.1) is 11.8 Å². The molecule has 0 saturated carbocycles. The Bertz CT molecular complexity index is 223. The highest BCUT2D eigenvalue weighted by molar-refractivity contribution is 5.66. The first kappa shape index (κ1) is 13.4. The molecule has 4 heteroatoms. The van der Waals surface area contributed by atoms with E-state index in [1.165, 1.54) is 0 Å². The normalized spacial score (nSPS) is 23.5. The van der Waals surface area contributed by atoms with Crippen molar-refractivity contribution < 1.29 is 14.3 Å². The molecule has 1 N–H and O–H groups in total. The minimum atomic E-state index is -0.709. The van der Waals surface area contributed by atoms with Crippen LogP contribution in [0.3, 0.4) is 0 Å². The number of rotatable bonds is 7. The smallest absolute Gasteiger partial charge is 0.303 e. The summed E-state index contributed by atoms with van der Waals surface area (Å²) < 4.78 is 12.0. The van der Waals surface area contributed by atoms with Crippen LogP contribution in [0.4, 0.5) is 4.39 Å². The standard InChI is InChI=1S/C12H22FNO2/c1-10(3-4-12(15)16)11-5-8-14(9-11)7-2-6-13/h10-11H,2-9H2,1H3,(H,15,16). The summed E-state index contributed by atoms with van der Waals surface area (Å²) >= 11 is 0. The van der Waals surface area contributed by atoms with Gasteiger partial charge < -0.3 is 10.0 Å². The predicted octanol–water partition coefficient (Wildman–Crippen LogP) is 2.17. The minimum absolute atomic E-state index is 0.240. The summed E-state index contributed by atoms with van der Waals surface area (Å²) in [4.78, 5) is 12.8. The molecule has 1 rings (SSSR count). The first-order chi connectivity index (χ1) is 7.63. The molecule has 16 heavy (non-hydrogen) atoms. The monoisotopic (exact) mass is 231 g/mol. The van der Waals surface area contributed by atoms with E-state index >= 15 is 0 Å². The van der Waals surface area contributed by atoms with Crippen molar-refractivity contribution in [3.05, 3.63) is 0 Å². The fraction of sp³-hybridized carbons (Fsp3) is 0.917. The Kier molecular flexibility index (Phi) is 5.74. The van der Waals surface area contributed by atoms with Gasteiger partial charge in [-0.1, -0.05) is 6.92 Å². The third-order valence-corrected chi connectivity index (χ3v) is 3.54. The maximum absolute atomic E-state index is 12.0. The van der Waals surface area contributed by atoms with Gasteiger partial charge in [0, 0.05) is 19.5 Å². The number of likely N-dealkylation sites (tertiary alicyclic amines) is 1. The van der Waals surface area contributed by atoms with Crippen LogP contribution in [0.15, 0.2) is 0 Å². The molecule has 1 heterocycles. The highest BCUT2D eigenvalue weighted by atomic mass is 19.1. The SMILES string of the molecule is CC(CCC(=O)O)C1CCN(CCCF)C1. The average Bonchev–Trinajstić information content (AvgIpc) is 2.71. The zero-order valence-electron chi connectivity index (χ0n) is 9.99. The van der Waals surface area contributed by atoms with Gasteiger partial charge in [0.2, 0.25) is 0 Å². The summed E-state index contributed by atoms with van der Waals surface area (Å²) in [5.41, 5.74) is 0. The van der Waals surface area contributed by atoms with Crippen LogP contribution in [0.5, 0.6) is 0 Å². The molecule has 94 valence electrons. The molecule has 0 aliphatic carbocycles. The second kappa shape index (κ2) is 6.84. The third-order valence-electron chi connectivity index (χ3n) is 3.54. The fourth-order valence-corrected chi connectivity index (χ4v) is 2.40. The number of nitrogens with zero attached hydrogens (tertiary/aromatic N) is 1. The molecule has 0 amide bonds. The van der Waals surface area contributed by atoms with E-state index in [0.717, 1.165) is 32.5 Å². The van der Waals surface area contributed by atoms with E-state index in [1.807, 2.05) is 0 Å². The largest absolute Gasteiger partial charge is 0.481 e. The van der Waals surface area contributed by atoms with Crippen LogP contribution in [0.25, 0.3) is 0 Å². The first-order valence-corrected chi connectivity index (χ1v) is 6.13. The number of halogens is 1. The summed E-state index contributed by atoms with van der Waals surface area (Å²) in [5.74, 6) is 0.351. The number of aliphatic carboxylic acids is 1. The van der Waals surface area contributed by atoms with Crippen molar-refractivity contribution in [1.29, 1.82) is 0 Å². The van der Waals surface area contributed by atoms with Gasteiger partial charge in [0.05, 0.1) is 6.67 Å². The van der Waals surface area contributed by atoms with Crippen LogP contribution in [-0.4, -0.2) is 42.3 Å². The number of carbonyl (C=O) groups is 1. The molecule has 0 aromatic carbocycles. The lowest BCUT2D eigenvalue weighted by atomic mass is 9.89. The van der Waals surface area contributed by atoms with E-state index < -0.39 is 5.97 Å². The molecular formula is C12H22FNO2. The van der Waals surface area contributed by atoms with Crippen molar-refractivity contribution in [2.24, 2.45) is 11.8 Å². The van der Waals surface area contributed by atoms with Crippen molar-refractivity contribution in [3.8, 4) is 0 Å². The highest BCUT2D eigenvalue weighted by Crippen LogP contribution is 2.27. The molecule has 0 spiro atoms. The van der Waals surface area contributed by atoms with E-state index in [4.69, 9.17) is 5.11 Å². The first-order valence-electron chi connectivity index (χ1n) is 6.13. The van der Waals surface area contributed by atoms with E-state index in [-0.39, 0.29) is 13.1 Å². The van der Waals surface area contributed by atoms with Gasteiger partial charge in [-0.3, -0.25) is 9.18 Å². The summed E-state index contributed by atoms with van der Waals surface area (Å²) in [5, 5.41) is 8.62. The molecule has 1 aliphatic rings. The Hall–Kier alpha value is -0.640. The highest BCUT2D eigenvalue weighted by Gasteiger charge is 2.26. The van der Waals surface area contributed by atoms with Gasteiger partial charge in [-0.2, -0.15) is 0 Å². The lowest BCUT2D eigenvalue weighted by molar-refractivity contribution is -0.137. The number of alkyl halides is 1. The van der Waals surface area contributed by atoms with E-state index in [1.54, 1.807) is 0 Å². The van der Waals surface area contributed by atoms with Crippen LogP contribution in [0.1, 0.15) is 32.6 Å². The molecule has 0 aromatic heterocycles. The van der Waals surface area contributed by atoms with Crippen molar-refractivity contribution in [2.75, 3.05) is 26.3 Å². The Morgan fingerprint density at radius 2 is 2.38 bits per heavy atom. The Balaban J connectivity index is 2.21. The number of carboxylic acids is 1. The summed E-state index contributed by atoms with van der Waals surface area (Å²) in [6.07, 6.45) is 2.78. The lowest BCUT2D eigenvalue weighted by Gasteiger charge is -2.19. The van der Waals surface area contributed by atoms with Crippen molar-refractivity contribution in [2.45, 2.75) is 32.6 Å². The third kappa shape index (κ3) is 4.47.